The topological polar surface area (TPSA) is 63.6 Å². The third kappa shape index (κ3) is 4.08. The van der Waals surface area contributed by atoms with Gasteiger partial charge >= 0.3 is 11.9 Å². The maximum atomic E-state index is 11.0. The van der Waals surface area contributed by atoms with E-state index in [2.05, 4.69) is 0 Å². The van der Waals surface area contributed by atoms with Crippen molar-refractivity contribution in [1.29, 1.82) is 0 Å². The molecule has 0 aliphatic rings. The number of benzene rings is 1. The van der Waals surface area contributed by atoms with Crippen LogP contribution in [0.15, 0.2) is 36.4 Å². The van der Waals surface area contributed by atoms with E-state index >= 15 is 0 Å². The Labute approximate surface area is 86.8 Å². The molecule has 0 aliphatic heterocycles. The van der Waals surface area contributed by atoms with Crippen molar-refractivity contribution >= 4 is 11.9 Å². The highest BCUT2D eigenvalue weighted by Crippen LogP contribution is 2.11. The van der Waals surface area contributed by atoms with Gasteiger partial charge in [-0.15, -0.1) is 0 Å². The number of rotatable bonds is 3. The van der Waals surface area contributed by atoms with E-state index in [1.807, 2.05) is 6.92 Å². The molecular formula is C11H10O4. The highest BCUT2D eigenvalue weighted by atomic mass is 16.5. The van der Waals surface area contributed by atoms with Crippen LogP contribution in [0, 0.1) is 6.92 Å². The molecule has 0 radical (unpaired) electrons. The van der Waals surface area contributed by atoms with Crippen molar-refractivity contribution < 1.29 is 19.4 Å². The second-order valence-electron chi connectivity index (χ2n) is 2.91. The molecule has 0 amide bonds. The molecule has 0 atom stereocenters. The Balaban J connectivity index is 2.59. The van der Waals surface area contributed by atoms with E-state index in [1.54, 1.807) is 24.3 Å². The van der Waals surface area contributed by atoms with Crippen molar-refractivity contribution in [2.45, 2.75) is 6.92 Å². The SMILES string of the molecule is Cc1ccc(OC(=O)/C=C/C(=O)O)cc1. The fourth-order valence-corrected chi connectivity index (χ4v) is 0.896. The van der Waals surface area contributed by atoms with Crippen LogP contribution < -0.4 is 4.74 Å². The molecule has 0 fully saturated rings. The Kier molecular flexibility index (Phi) is 3.62. The molecule has 4 heteroatoms. The number of carboxylic acid groups (broad SMARTS) is 1. The van der Waals surface area contributed by atoms with Crippen LogP contribution in [0.5, 0.6) is 5.75 Å². The van der Waals surface area contributed by atoms with Gasteiger partial charge < -0.3 is 9.84 Å². The van der Waals surface area contributed by atoms with Gasteiger partial charge in [-0.1, -0.05) is 17.7 Å². The molecule has 0 aliphatic carbocycles. The number of aryl methyl sites for hydroxylation is 1. The van der Waals surface area contributed by atoms with Crippen LogP contribution in [0.4, 0.5) is 0 Å². The lowest BCUT2D eigenvalue weighted by Crippen LogP contribution is -2.04. The fraction of sp³-hybridized carbons (Fsp3) is 0.0909. The molecule has 0 spiro atoms. The van der Waals surface area contributed by atoms with Gasteiger partial charge in [-0.25, -0.2) is 9.59 Å². The first-order chi connectivity index (χ1) is 7.08. The molecule has 1 aromatic rings. The highest BCUT2D eigenvalue weighted by molar-refractivity contribution is 5.91. The van der Waals surface area contributed by atoms with Crippen molar-refractivity contribution in [3.05, 3.63) is 42.0 Å². The van der Waals surface area contributed by atoms with Gasteiger partial charge in [0.15, 0.2) is 0 Å². The average Bonchev–Trinajstić information content (AvgIpc) is 2.19. The number of hydrogen-bond donors (Lipinski definition) is 1. The molecule has 78 valence electrons. The van der Waals surface area contributed by atoms with Gasteiger partial charge in [-0.3, -0.25) is 0 Å². The van der Waals surface area contributed by atoms with E-state index in [0.717, 1.165) is 17.7 Å². The minimum atomic E-state index is -1.18. The van der Waals surface area contributed by atoms with Gasteiger partial charge in [0.25, 0.3) is 0 Å². The molecular weight excluding hydrogens is 196 g/mol. The Morgan fingerprint density at radius 3 is 2.33 bits per heavy atom. The van der Waals surface area contributed by atoms with Gasteiger partial charge in [0, 0.05) is 12.2 Å². The highest BCUT2D eigenvalue weighted by Gasteiger charge is 2.00. The number of aliphatic carboxylic acids is 1. The summed E-state index contributed by atoms with van der Waals surface area (Å²) in [6.07, 6.45) is 1.60. The maximum absolute atomic E-state index is 11.0. The van der Waals surface area contributed by atoms with Crippen molar-refractivity contribution in [1.82, 2.24) is 0 Å². The average molecular weight is 206 g/mol. The van der Waals surface area contributed by atoms with Gasteiger partial charge in [-0.05, 0) is 19.1 Å². The predicted octanol–water partition coefficient (Wildman–Crippen LogP) is 1.54. The zero-order valence-corrected chi connectivity index (χ0v) is 8.14. The molecule has 1 aromatic carbocycles. The Bertz CT molecular complexity index is 390. The van der Waals surface area contributed by atoms with E-state index in [-0.39, 0.29) is 0 Å². The van der Waals surface area contributed by atoms with Crippen LogP contribution in [0.25, 0.3) is 0 Å². The lowest BCUT2D eigenvalue weighted by molar-refractivity contribution is -0.133. The van der Waals surface area contributed by atoms with Crippen molar-refractivity contribution in [2.75, 3.05) is 0 Å². The van der Waals surface area contributed by atoms with Crippen LogP contribution in [0.2, 0.25) is 0 Å². The van der Waals surface area contributed by atoms with Crippen LogP contribution >= 0.6 is 0 Å². The van der Waals surface area contributed by atoms with Crippen molar-refractivity contribution in [2.24, 2.45) is 0 Å². The second-order valence-corrected chi connectivity index (χ2v) is 2.91. The van der Waals surface area contributed by atoms with Crippen LogP contribution in [0.1, 0.15) is 5.56 Å². The summed E-state index contributed by atoms with van der Waals surface area (Å²) < 4.78 is 4.83. The van der Waals surface area contributed by atoms with Crippen LogP contribution in [-0.4, -0.2) is 17.0 Å². The molecule has 1 rings (SSSR count). The van der Waals surface area contributed by atoms with Crippen molar-refractivity contribution in [3.63, 3.8) is 0 Å². The Morgan fingerprint density at radius 2 is 1.80 bits per heavy atom. The summed E-state index contributed by atoms with van der Waals surface area (Å²) in [6, 6.07) is 6.87. The van der Waals surface area contributed by atoms with Gasteiger partial charge in [0.05, 0.1) is 0 Å². The summed E-state index contributed by atoms with van der Waals surface area (Å²) >= 11 is 0. The Morgan fingerprint density at radius 1 is 1.20 bits per heavy atom. The van der Waals surface area contributed by atoms with Crippen molar-refractivity contribution in [3.8, 4) is 5.75 Å². The van der Waals surface area contributed by atoms with Crippen LogP contribution in [-0.2, 0) is 9.59 Å². The number of carbonyl (C=O) groups is 2. The number of esters is 1. The standard InChI is InChI=1S/C11H10O4/c1-8-2-4-9(5-3-8)15-11(14)7-6-10(12)13/h2-7H,1H3,(H,12,13)/b7-6+. The van der Waals surface area contributed by atoms with E-state index in [9.17, 15) is 9.59 Å². The van der Waals surface area contributed by atoms with Gasteiger partial charge in [0.1, 0.15) is 5.75 Å². The minimum absolute atomic E-state index is 0.389. The summed E-state index contributed by atoms with van der Waals surface area (Å²) in [5.74, 6) is -1.50. The minimum Gasteiger partial charge on any atom is -0.478 e. The third-order valence-electron chi connectivity index (χ3n) is 1.60. The zero-order valence-electron chi connectivity index (χ0n) is 8.14. The van der Waals surface area contributed by atoms with Gasteiger partial charge in [0.2, 0.25) is 0 Å². The first-order valence-electron chi connectivity index (χ1n) is 4.27. The molecule has 0 aromatic heterocycles. The second kappa shape index (κ2) is 4.95. The molecule has 0 saturated heterocycles. The lowest BCUT2D eigenvalue weighted by Gasteiger charge is -2.00. The molecule has 4 nitrogen and oxygen atoms in total. The molecule has 1 N–H and O–H groups in total. The number of carboxylic acids is 1. The molecule has 15 heavy (non-hydrogen) atoms. The maximum Gasteiger partial charge on any atom is 0.336 e. The number of carbonyl (C=O) groups excluding carboxylic acids is 1. The summed E-state index contributed by atoms with van der Waals surface area (Å²) in [7, 11) is 0. The Hall–Kier alpha value is -2.10. The monoisotopic (exact) mass is 206 g/mol. The summed E-state index contributed by atoms with van der Waals surface area (Å²) in [5, 5.41) is 8.27. The number of hydrogen-bond acceptors (Lipinski definition) is 3. The van der Waals surface area contributed by atoms with E-state index < -0.39 is 11.9 Å². The largest absolute Gasteiger partial charge is 0.478 e. The number of ether oxygens (including phenoxy) is 1. The first kappa shape index (κ1) is 11.0. The predicted molar refractivity (Wildman–Crippen MR) is 53.6 cm³/mol. The van der Waals surface area contributed by atoms with E-state index in [0.29, 0.717) is 5.75 Å². The molecule has 0 saturated carbocycles. The zero-order chi connectivity index (χ0) is 11.3. The summed E-state index contributed by atoms with van der Waals surface area (Å²) in [6.45, 7) is 1.91. The van der Waals surface area contributed by atoms with Crippen LogP contribution in [0.3, 0.4) is 0 Å². The summed E-state index contributed by atoms with van der Waals surface area (Å²) in [5.41, 5.74) is 1.05. The van der Waals surface area contributed by atoms with E-state index in [4.69, 9.17) is 9.84 Å². The summed E-state index contributed by atoms with van der Waals surface area (Å²) in [4.78, 5) is 21.1. The third-order valence-corrected chi connectivity index (χ3v) is 1.60. The normalized spacial score (nSPS) is 10.2. The van der Waals surface area contributed by atoms with E-state index in [1.165, 1.54) is 0 Å². The smallest absolute Gasteiger partial charge is 0.336 e. The molecule has 0 bridgehead atoms. The first-order valence-corrected chi connectivity index (χ1v) is 4.27. The quantitative estimate of drug-likeness (QED) is 0.463. The lowest BCUT2D eigenvalue weighted by atomic mass is 10.2. The molecule has 0 unspecified atom stereocenters. The fourth-order valence-electron chi connectivity index (χ4n) is 0.896. The van der Waals surface area contributed by atoms with Gasteiger partial charge in [-0.2, -0.15) is 0 Å². The molecule has 0 heterocycles.